The molecule has 1 atom stereocenters. The summed E-state index contributed by atoms with van der Waals surface area (Å²) < 4.78 is 5.20. The van der Waals surface area contributed by atoms with E-state index in [1.807, 2.05) is 42.0 Å². The lowest BCUT2D eigenvalue weighted by Crippen LogP contribution is -2.38. The van der Waals surface area contributed by atoms with E-state index in [2.05, 4.69) is 22.3 Å². The van der Waals surface area contributed by atoms with Crippen LogP contribution in [0.3, 0.4) is 0 Å². The van der Waals surface area contributed by atoms with Crippen LogP contribution >= 0.6 is 0 Å². The van der Waals surface area contributed by atoms with Crippen molar-refractivity contribution < 1.29 is 9.32 Å². The first-order valence-electron chi connectivity index (χ1n) is 8.51. The van der Waals surface area contributed by atoms with Crippen LogP contribution in [0.25, 0.3) is 0 Å². The van der Waals surface area contributed by atoms with Gasteiger partial charge in [-0.15, -0.1) is 0 Å². The van der Waals surface area contributed by atoms with Crippen LogP contribution in [-0.4, -0.2) is 46.0 Å². The van der Waals surface area contributed by atoms with Crippen LogP contribution in [0.15, 0.2) is 34.9 Å². The smallest absolute Gasteiger partial charge is 0.237 e. The summed E-state index contributed by atoms with van der Waals surface area (Å²) in [4.78, 5) is 21.0. The maximum Gasteiger partial charge on any atom is 0.237 e. The van der Waals surface area contributed by atoms with Crippen LogP contribution in [0.2, 0.25) is 0 Å². The monoisotopic (exact) mass is 328 g/mol. The Bertz CT molecular complexity index is 671. The van der Waals surface area contributed by atoms with Crippen molar-refractivity contribution in [1.82, 2.24) is 19.9 Å². The second kappa shape index (κ2) is 7.57. The maximum atomic E-state index is 12.7. The Labute approximate surface area is 142 Å². The molecule has 0 aliphatic carbocycles. The third-order valence-corrected chi connectivity index (χ3v) is 4.36. The normalized spacial score (nSPS) is 17.6. The fraction of sp³-hybridized carbons (Fsp3) is 0.500. The maximum absolute atomic E-state index is 12.7. The van der Waals surface area contributed by atoms with Crippen molar-refractivity contribution in [1.29, 1.82) is 0 Å². The summed E-state index contributed by atoms with van der Waals surface area (Å²) in [7, 11) is 1.97. The Morgan fingerprint density at radius 1 is 1.38 bits per heavy atom. The highest BCUT2D eigenvalue weighted by molar-refractivity contribution is 5.79. The van der Waals surface area contributed by atoms with Gasteiger partial charge in [0.05, 0.1) is 12.6 Å². The molecule has 1 aliphatic heterocycles. The van der Waals surface area contributed by atoms with Gasteiger partial charge in [-0.05, 0) is 25.5 Å². The number of aromatic nitrogens is 2. The predicted octanol–water partition coefficient (Wildman–Crippen LogP) is 2.43. The second-order valence-electron chi connectivity index (χ2n) is 6.30. The lowest BCUT2D eigenvalue weighted by Gasteiger charge is -2.25. The summed E-state index contributed by atoms with van der Waals surface area (Å²) in [6.07, 6.45) is 2.60. The molecule has 2 aromatic rings. The van der Waals surface area contributed by atoms with E-state index < -0.39 is 0 Å². The number of hydrogen-bond donors (Lipinski definition) is 0. The molecule has 0 saturated carbocycles. The van der Waals surface area contributed by atoms with Crippen molar-refractivity contribution in [3.8, 4) is 0 Å². The Morgan fingerprint density at radius 3 is 2.88 bits per heavy atom. The first-order valence-corrected chi connectivity index (χ1v) is 8.51. The molecular formula is C18H24N4O2. The third kappa shape index (κ3) is 3.82. The van der Waals surface area contributed by atoms with Gasteiger partial charge >= 0.3 is 0 Å². The first kappa shape index (κ1) is 16.6. The lowest BCUT2D eigenvalue weighted by molar-refractivity contribution is -0.133. The SMILES string of the molecule is CCc1nc([C@H]2CCCN2C(=O)CN(C)Cc2ccccc2)no1. The van der Waals surface area contributed by atoms with Crippen LogP contribution in [0, 0.1) is 0 Å². The number of aryl methyl sites for hydroxylation is 1. The standard InChI is InChI=1S/C18H24N4O2/c1-3-16-19-18(20-24-16)15-10-7-11-22(15)17(23)13-21(2)12-14-8-5-4-6-9-14/h4-6,8-9,15H,3,7,10-13H2,1-2H3/t15-/m1/s1. The van der Waals surface area contributed by atoms with E-state index in [0.717, 1.165) is 25.9 Å². The molecule has 1 aromatic carbocycles. The van der Waals surface area contributed by atoms with Gasteiger partial charge in [0.15, 0.2) is 5.82 Å². The van der Waals surface area contributed by atoms with Gasteiger partial charge in [0, 0.05) is 19.5 Å². The zero-order chi connectivity index (χ0) is 16.9. The zero-order valence-corrected chi connectivity index (χ0v) is 14.3. The molecule has 128 valence electrons. The van der Waals surface area contributed by atoms with Crippen LogP contribution in [0.1, 0.15) is 43.1 Å². The Balaban J connectivity index is 1.61. The average Bonchev–Trinajstić information content (AvgIpc) is 3.24. The number of likely N-dealkylation sites (tertiary alicyclic amines) is 1. The van der Waals surface area contributed by atoms with Crippen molar-refractivity contribution in [3.05, 3.63) is 47.6 Å². The highest BCUT2D eigenvalue weighted by Gasteiger charge is 2.33. The van der Waals surface area contributed by atoms with Crippen molar-refractivity contribution in [2.24, 2.45) is 0 Å². The number of likely N-dealkylation sites (N-methyl/N-ethyl adjacent to an activating group) is 1. The number of amides is 1. The van der Waals surface area contributed by atoms with E-state index in [1.54, 1.807) is 0 Å². The number of carbonyl (C=O) groups excluding carboxylic acids is 1. The van der Waals surface area contributed by atoms with Crippen LogP contribution in [0.5, 0.6) is 0 Å². The molecule has 0 unspecified atom stereocenters. The minimum atomic E-state index is -0.0494. The van der Waals surface area contributed by atoms with E-state index in [1.165, 1.54) is 5.56 Å². The van der Waals surface area contributed by atoms with Gasteiger partial charge in [0.1, 0.15) is 0 Å². The van der Waals surface area contributed by atoms with Gasteiger partial charge in [0.25, 0.3) is 0 Å². The highest BCUT2D eigenvalue weighted by Crippen LogP contribution is 2.30. The molecule has 0 spiro atoms. The summed E-state index contributed by atoms with van der Waals surface area (Å²) in [5.41, 5.74) is 1.21. The Morgan fingerprint density at radius 2 is 2.17 bits per heavy atom. The topological polar surface area (TPSA) is 62.5 Å². The summed E-state index contributed by atoms with van der Waals surface area (Å²) >= 11 is 0. The minimum absolute atomic E-state index is 0.0494. The lowest BCUT2D eigenvalue weighted by atomic mass is 10.2. The summed E-state index contributed by atoms with van der Waals surface area (Å²) in [5, 5.41) is 4.05. The third-order valence-electron chi connectivity index (χ3n) is 4.36. The van der Waals surface area contributed by atoms with Crippen LogP contribution < -0.4 is 0 Å². The number of benzene rings is 1. The molecule has 6 heteroatoms. The van der Waals surface area contributed by atoms with Crippen LogP contribution in [-0.2, 0) is 17.8 Å². The van der Waals surface area contributed by atoms with Gasteiger partial charge < -0.3 is 9.42 Å². The van der Waals surface area contributed by atoms with Crippen LogP contribution in [0.4, 0.5) is 0 Å². The van der Waals surface area contributed by atoms with E-state index in [-0.39, 0.29) is 11.9 Å². The van der Waals surface area contributed by atoms with E-state index in [4.69, 9.17) is 4.52 Å². The molecule has 24 heavy (non-hydrogen) atoms. The quantitative estimate of drug-likeness (QED) is 0.815. The van der Waals surface area contributed by atoms with E-state index in [9.17, 15) is 4.79 Å². The summed E-state index contributed by atoms with van der Waals surface area (Å²) in [5.74, 6) is 1.40. The molecule has 0 N–H and O–H groups in total. The van der Waals surface area contributed by atoms with Crippen molar-refractivity contribution in [2.75, 3.05) is 20.1 Å². The highest BCUT2D eigenvalue weighted by atomic mass is 16.5. The largest absolute Gasteiger partial charge is 0.339 e. The summed E-state index contributed by atoms with van der Waals surface area (Å²) in [6.45, 7) is 3.89. The van der Waals surface area contributed by atoms with E-state index in [0.29, 0.717) is 24.7 Å². The molecule has 0 bridgehead atoms. The van der Waals surface area contributed by atoms with Crippen molar-refractivity contribution in [3.63, 3.8) is 0 Å². The average molecular weight is 328 g/mol. The van der Waals surface area contributed by atoms with Crippen molar-refractivity contribution >= 4 is 5.91 Å². The van der Waals surface area contributed by atoms with Gasteiger partial charge in [-0.25, -0.2) is 0 Å². The van der Waals surface area contributed by atoms with Crippen molar-refractivity contribution in [2.45, 2.75) is 38.8 Å². The molecule has 3 rings (SSSR count). The number of nitrogens with zero attached hydrogens (tertiary/aromatic N) is 4. The summed E-state index contributed by atoms with van der Waals surface area (Å²) in [6, 6.07) is 10.1. The second-order valence-corrected chi connectivity index (χ2v) is 6.30. The predicted molar refractivity (Wildman–Crippen MR) is 90.1 cm³/mol. The molecule has 1 fully saturated rings. The molecule has 1 amide bonds. The van der Waals surface area contributed by atoms with Gasteiger partial charge in [0.2, 0.25) is 11.8 Å². The minimum Gasteiger partial charge on any atom is -0.339 e. The fourth-order valence-electron chi connectivity index (χ4n) is 3.15. The van der Waals surface area contributed by atoms with Gasteiger partial charge in [-0.2, -0.15) is 4.98 Å². The number of carbonyl (C=O) groups is 1. The molecule has 0 radical (unpaired) electrons. The fourth-order valence-corrected chi connectivity index (χ4v) is 3.15. The molecule has 6 nitrogen and oxygen atoms in total. The van der Waals surface area contributed by atoms with Gasteiger partial charge in [-0.1, -0.05) is 42.4 Å². The van der Waals surface area contributed by atoms with E-state index >= 15 is 0 Å². The molecule has 2 heterocycles. The molecule has 1 saturated heterocycles. The molecule has 1 aromatic heterocycles. The number of hydrogen-bond acceptors (Lipinski definition) is 5. The molecule has 1 aliphatic rings. The van der Waals surface area contributed by atoms with Gasteiger partial charge in [-0.3, -0.25) is 9.69 Å². The molecular weight excluding hydrogens is 304 g/mol. The Kier molecular flexibility index (Phi) is 5.25. The number of rotatable bonds is 6. The Hall–Kier alpha value is -2.21. The first-order chi connectivity index (χ1) is 11.7. The zero-order valence-electron chi connectivity index (χ0n) is 14.3.